The zero-order valence-corrected chi connectivity index (χ0v) is 16.5. The summed E-state index contributed by atoms with van der Waals surface area (Å²) >= 11 is 0. The summed E-state index contributed by atoms with van der Waals surface area (Å²) in [5.74, 6) is 0.607. The molecule has 0 saturated carbocycles. The predicted molar refractivity (Wildman–Crippen MR) is 105 cm³/mol. The highest BCUT2D eigenvalue weighted by Crippen LogP contribution is 2.15. The van der Waals surface area contributed by atoms with Gasteiger partial charge in [-0.1, -0.05) is 36.4 Å². The highest BCUT2D eigenvalue weighted by atomic mass is 32.2. The number of nitrogens with zero attached hydrogens (tertiary/aromatic N) is 1. The third-order valence-electron chi connectivity index (χ3n) is 4.11. The van der Waals surface area contributed by atoms with Gasteiger partial charge in [-0.15, -0.1) is 0 Å². The molecule has 2 aromatic rings. The summed E-state index contributed by atoms with van der Waals surface area (Å²) in [6, 6.07) is 14.4. The van der Waals surface area contributed by atoms with E-state index in [0.29, 0.717) is 12.1 Å². The van der Waals surface area contributed by atoms with E-state index in [4.69, 9.17) is 4.74 Å². The number of urea groups is 1. The first kappa shape index (κ1) is 20.7. The van der Waals surface area contributed by atoms with Crippen LogP contribution < -0.4 is 14.8 Å². The molecule has 27 heavy (non-hydrogen) atoms. The Morgan fingerprint density at radius 1 is 1.11 bits per heavy atom. The Balaban J connectivity index is 1.98. The Kier molecular flexibility index (Phi) is 7.20. The number of sulfonamides is 1. The molecule has 2 aromatic carbocycles. The average Bonchev–Trinajstić information content (AvgIpc) is 2.67. The van der Waals surface area contributed by atoms with Crippen molar-refractivity contribution in [3.05, 3.63) is 65.2 Å². The maximum atomic E-state index is 12.4. The van der Waals surface area contributed by atoms with E-state index in [1.165, 1.54) is 7.05 Å². The summed E-state index contributed by atoms with van der Waals surface area (Å²) in [7, 11) is 1.30. The Morgan fingerprint density at radius 2 is 1.81 bits per heavy atom. The van der Waals surface area contributed by atoms with E-state index in [0.717, 1.165) is 16.9 Å². The minimum atomic E-state index is -3.38. The fraction of sp³-hybridized carbons (Fsp3) is 0.316. The maximum Gasteiger partial charge on any atom is 0.317 e. The molecule has 7 nitrogen and oxygen atoms in total. The van der Waals surface area contributed by atoms with E-state index < -0.39 is 10.0 Å². The summed E-state index contributed by atoms with van der Waals surface area (Å²) in [4.78, 5) is 13.9. The molecule has 8 heteroatoms. The number of carbonyl (C=O) groups excluding carboxylic acids is 1. The first-order valence-corrected chi connectivity index (χ1v) is 10.1. The number of carbonyl (C=O) groups is 1. The minimum absolute atomic E-state index is 0.130. The van der Waals surface area contributed by atoms with Crippen LogP contribution in [0.3, 0.4) is 0 Å². The standard InChI is InChI=1S/C19H25N3O4S/c1-20-27(24,25)14-17-9-5-4-8-16(17)12-21-19(23)22(2)13-15-7-6-10-18(11-15)26-3/h4-11,20H,12-14H2,1-3H3,(H,21,23). The summed E-state index contributed by atoms with van der Waals surface area (Å²) in [5.41, 5.74) is 2.37. The molecule has 0 atom stereocenters. The second-order valence-electron chi connectivity index (χ2n) is 6.10. The van der Waals surface area contributed by atoms with Crippen LogP contribution in [-0.4, -0.2) is 40.6 Å². The van der Waals surface area contributed by atoms with E-state index in [-0.39, 0.29) is 18.3 Å². The first-order valence-electron chi connectivity index (χ1n) is 8.44. The van der Waals surface area contributed by atoms with E-state index in [9.17, 15) is 13.2 Å². The van der Waals surface area contributed by atoms with Crippen LogP contribution in [0.15, 0.2) is 48.5 Å². The van der Waals surface area contributed by atoms with E-state index >= 15 is 0 Å². The number of hydrogen-bond acceptors (Lipinski definition) is 4. The van der Waals surface area contributed by atoms with Gasteiger partial charge in [0.15, 0.2) is 0 Å². The van der Waals surface area contributed by atoms with Gasteiger partial charge >= 0.3 is 6.03 Å². The van der Waals surface area contributed by atoms with Crippen molar-refractivity contribution in [2.45, 2.75) is 18.8 Å². The number of methoxy groups -OCH3 is 1. The molecule has 0 saturated heterocycles. The molecule has 0 aliphatic rings. The maximum absolute atomic E-state index is 12.4. The topological polar surface area (TPSA) is 87.7 Å². The number of ether oxygens (including phenoxy) is 1. The Hall–Kier alpha value is -2.58. The van der Waals surface area contributed by atoms with Gasteiger partial charge in [0, 0.05) is 20.1 Å². The van der Waals surface area contributed by atoms with Crippen molar-refractivity contribution in [3.63, 3.8) is 0 Å². The number of benzene rings is 2. The molecule has 0 unspecified atom stereocenters. The van der Waals surface area contributed by atoms with Crippen molar-refractivity contribution >= 4 is 16.1 Å². The zero-order chi connectivity index (χ0) is 19.9. The van der Waals surface area contributed by atoms with Crippen LogP contribution in [0.25, 0.3) is 0 Å². The lowest BCUT2D eigenvalue weighted by atomic mass is 10.1. The van der Waals surface area contributed by atoms with Crippen molar-refractivity contribution in [2.75, 3.05) is 21.2 Å². The Labute approximate surface area is 160 Å². The highest BCUT2D eigenvalue weighted by Gasteiger charge is 2.14. The normalized spacial score (nSPS) is 11.1. The number of amides is 2. The first-order chi connectivity index (χ1) is 12.8. The third kappa shape index (κ3) is 6.26. The van der Waals surface area contributed by atoms with Crippen molar-refractivity contribution in [3.8, 4) is 5.75 Å². The SMILES string of the molecule is CNS(=O)(=O)Cc1ccccc1CNC(=O)N(C)Cc1cccc(OC)c1. The summed E-state index contributed by atoms with van der Waals surface area (Å²) in [6.45, 7) is 0.676. The molecule has 2 amide bonds. The molecule has 0 spiro atoms. The highest BCUT2D eigenvalue weighted by molar-refractivity contribution is 7.88. The van der Waals surface area contributed by atoms with Crippen LogP contribution in [0.2, 0.25) is 0 Å². The fourth-order valence-corrected chi connectivity index (χ4v) is 3.41. The van der Waals surface area contributed by atoms with Crippen molar-refractivity contribution < 1.29 is 17.9 Å². The van der Waals surface area contributed by atoms with Gasteiger partial charge in [0.2, 0.25) is 10.0 Å². The van der Waals surface area contributed by atoms with Gasteiger partial charge in [-0.05, 0) is 35.9 Å². The predicted octanol–water partition coefficient (Wildman–Crippen LogP) is 2.09. The summed E-state index contributed by atoms with van der Waals surface area (Å²) < 4.78 is 31.1. The largest absolute Gasteiger partial charge is 0.497 e. The Morgan fingerprint density at radius 3 is 2.48 bits per heavy atom. The monoisotopic (exact) mass is 391 g/mol. The van der Waals surface area contributed by atoms with Crippen molar-refractivity contribution in [1.82, 2.24) is 14.9 Å². The molecule has 2 N–H and O–H groups in total. The molecule has 0 radical (unpaired) electrons. The van der Waals surface area contributed by atoms with Gasteiger partial charge in [-0.3, -0.25) is 0 Å². The fourth-order valence-electron chi connectivity index (χ4n) is 2.57. The summed E-state index contributed by atoms with van der Waals surface area (Å²) in [6.07, 6.45) is 0. The van der Waals surface area contributed by atoms with Crippen LogP contribution in [0.4, 0.5) is 4.79 Å². The molecule has 0 heterocycles. The zero-order valence-electron chi connectivity index (χ0n) is 15.7. The third-order valence-corrected chi connectivity index (χ3v) is 5.42. The van der Waals surface area contributed by atoms with E-state index in [1.54, 1.807) is 31.2 Å². The number of rotatable bonds is 8. The molecule has 0 aromatic heterocycles. The molecule has 146 valence electrons. The molecule has 0 aliphatic heterocycles. The van der Waals surface area contributed by atoms with Gasteiger partial charge in [0.05, 0.1) is 12.9 Å². The smallest absolute Gasteiger partial charge is 0.317 e. The van der Waals surface area contributed by atoms with Crippen molar-refractivity contribution in [2.24, 2.45) is 0 Å². The minimum Gasteiger partial charge on any atom is -0.497 e. The molecule has 0 aliphatic carbocycles. The summed E-state index contributed by atoms with van der Waals surface area (Å²) in [5, 5.41) is 2.83. The molecular weight excluding hydrogens is 366 g/mol. The molecular formula is C19H25N3O4S. The van der Waals surface area contributed by atoms with Crippen LogP contribution in [0.5, 0.6) is 5.75 Å². The number of hydrogen-bond donors (Lipinski definition) is 2. The van der Waals surface area contributed by atoms with E-state index in [2.05, 4.69) is 10.0 Å². The van der Waals surface area contributed by atoms with Gasteiger partial charge in [0.25, 0.3) is 0 Å². The van der Waals surface area contributed by atoms with Crippen LogP contribution in [-0.2, 0) is 28.9 Å². The van der Waals surface area contributed by atoms with Crippen LogP contribution in [0.1, 0.15) is 16.7 Å². The van der Waals surface area contributed by atoms with Gasteiger partial charge < -0.3 is 15.0 Å². The second kappa shape index (κ2) is 9.38. The van der Waals surface area contributed by atoms with Crippen molar-refractivity contribution in [1.29, 1.82) is 0 Å². The molecule has 0 fully saturated rings. The van der Waals surface area contributed by atoms with Crippen LogP contribution in [0, 0.1) is 0 Å². The lowest BCUT2D eigenvalue weighted by molar-refractivity contribution is 0.206. The lowest BCUT2D eigenvalue weighted by Crippen LogP contribution is -2.36. The van der Waals surface area contributed by atoms with Gasteiger partial charge in [-0.2, -0.15) is 0 Å². The average molecular weight is 391 g/mol. The Bertz CT molecular complexity index is 884. The molecule has 0 bridgehead atoms. The second-order valence-corrected chi connectivity index (χ2v) is 8.02. The van der Waals surface area contributed by atoms with Crippen LogP contribution >= 0.6 is 0 Å². The quantitative estimate of drug-likeness (QED) is 0.721. The van der Waals surface area contributed by atoms with Gasteiger partial charge in [-0.25, -0.2) is 17.9 Å². The lowest BCUT2D eigenvalue weighted by Gasteiger charge is -2.19. The van der Waals surface area contributed by atoms with E-state index in [1.807, 2.05) is 36.4 Å². The number of nitrogens with one attached hydrogen (secondary N) is 2. The molecule has 2 rings (SSSR count). The van der Waals surface area contributed by atoms with Gasteiger partial charge in [0.1, 0.15) is 5.75 Å².